The summed E-state index contributed by atoms with van der Waals surface area (Å²) in [6.45, 7) is 3.00. The molecule has 0 saturated carbocycles. The molecule has 0 aromatic heterocycles. The average molecular weight is 249 g/mol. The number of benzene rings is 1. The second-order valence-corrected chi connectivity index (χ2v) is 4.04. The van der Waals surface area contributed by atoms with E-state index in [1.165, 1.54) is 18.2 Å². The minimum absolute atomic E-state index is 0.0880. The first-order chi connectivity index (χ1) is 8.56. The Labute approximate surface area is 106 Å². The summed E-state index contributed by atoms with van der Waals surface area (Å²) in [7, 11) is 1.75. The molecule has 0 unspecified atom stereocenters. The Kier molecular flexibility index (Phi) is 5.28. The van der Waals surface area contributed by atoms with E-state index in [-0.39, 0.29) is 18.3 Å². The lowest BCUT2D eigenvalue weighted by Crippen LogP contribution is -2.34. The Bertz CT molecular complexity index is 468. The molecule has 0 aliphatic carbocycles. The molecule has 0 bridgehead atoms. The zero-order valence-electron chi connectivity index (χ0n) is 10.5. The number of nitrogens with one attached hydrogen (secondary N) is 1. The van der Waals surface area contributed by atoms with E-state index < -0.39 is 0 Å². The molecule has 0 atom stereocenters. The van der Waals surface area contributed by atoms with Gasteiger partial charge in [0.25, 0.3) is 0 Å². The monoisotopic (exact) mass is 249 g/mol. The summed E-state index contributed by atoms with van der Waals surface area (Å²) in [6.07, 6.45) is 0. The van der Waals surface area contributed by atoms with E-state index in [4.69, 9.17) is 5.26 Å². The van der Waals surface area contributed by atoms with Crippen molar-refractivity contribution in [3.63, 3.8) is 0 Å². The first-order valence-electron chi connectivity index (χ1n) is 5.70. The van der Waals surface area contributed by atoms with Crippen molar-refractivity contribution in [2.24, 2.45) is 0 Å². The third-order valence-corrected chi connectivity index (χ3v) is 2.42. The molecule has 1 aromatic rings. The summed E-state index contributed by atoms with van der Waals surface area (Å²) < 4.78 is 13.1. The third-order valence-electron chi connectivity index (χ3n) is 2.42. The van der Waals surface area contributed by atoms with Crippen molar-refractivity contribution in [3.8, 4) is 6.07 Å². The molecular formula is C13H16FN3O. The fraction of sp³-hybridized carbons (Fsp3) is 0.385. The minimum atomic E-state index is -0.379. The number of amides is 1. The lowest BCUT2D eigenvalue weighted by Gasteiger charge is -2.16. The fourth-order valence-corrected chi connectivity index (χ4v) is 1.65. The highest BCUT2D eigenvalue weighted by molar-refractivity contribution is 5.77. The summed E-state index contributed by atoms with van der Waals surface area (Å²) >= 11 is 0. The van der Waals surface area contributed by atoms with Gasteiger partial charge < -0.3 is 5.32 Å². The molecule has 0 fully saturated rings. The predicted molar refractivity (Wildman–Crippen MR) is 66.1 cm³/mol. The van der Waals surface area contributed by atoms with Gasteiger partial charge in [-0.2, -0.15) is 5.26 Å². The van der Waals surface area contributed by atoms with Crippen LogP contribution in [0.1, 0.15) is 18.1 Å². The molecule has 0 saturated heterocycles. The number of hydrogen-bond acceptors (Lipinski definition) is 3. The van der Waals surface area contributed by atoms with E-state index in [0.717, 1.165) is 0 Å². The van der Waals surface area contributed by atoms with Gasteiger partial charge in [0.1, 0.15) is 5.82 Å². The normalized spacial score (nSPS) is 10.2. The number of hydrogen-bond donors (Lipinski definition) is 1. The maximum atomic E-state index is 13.1. The molecule has 1 amide bonds. The van der Waals surface area contributed by atoms with E-state index in [0.29, 0.717) is 24.2 Å². The van der Waals surface area contributed by atoms with Crippen LogP contribution in [0.15, 0.2) is 18.2 Å². The number of carbonyl (C=O) groups excluding carboxylic acids is 1. The van der Waals surface area contributed by atoms with Gasteiger partial charge in [0.15, 0.2) is 0 Å². The van der Waals surface area contributed by atoms with Crippen LogP contribution in [0.5, 0.6) is 0 Å². The Hall–Kier alpha value is -1.93. The molecule has 0 spiro atoms. The molecule has 96 valence electrons. The molecule has 0 aliphatic rings. The highest BCUT2D eigenvalue weighted by Crippen LogP contribution is 2.12. The first kappa shape index (κ1) is 14.1. The standard InChI is InChI=1S/C13H16FN3O/c1-3-16-13(18)9-17(2)8-11-6-12(14)5-4-10(11)7-15/h4-6H,3,8-9H2,1-2H3,(H,16,18). The van der Waals surface area contributed by atoms with Crippen LogP contribution in [-0.4, -0.2) is 30.9 Å². The number of carbonyl (C=O) groups is 1. The highest BCUT2D eigenvalue weighted by Gasteiger charge is 2.09. The summed E-state index contributed by atoms with van der Waals surface area (Å²) in [6, 6.07) is 6.04. The molecule has 4 nitrogen and oxygen atoms in total. The Morgan fingerprint density at radius 3 is 2.89 bits per heavy atom. The van der Waals surface area contributed by atoms with Gasteiger partial charge in [-0.25, -0.2) is 4.39 Å². The van der Waals surface area contributed by atoms with Crippen LogP contribution in [0.25, 0.3) is 0 Å². The van der Waals surface area contributed by atoms with Crippen LogP contribution in [-0.2, 0) is 11.3 Å². The van der Waals surface area contributed by atoms with Gasteiger partial charge >= 0.3 is 0 Å². The average Bonchev–Trinajstić information content (AvgIpc) is 2.29. The number of halogens is 1. The van der Waals surface area contributed by atoms with E-state index in [9.17, 15) is 9.18 Å². The summed E-state index contributed by atoms with van der Waals surface area (Å²) in [5, 5.41) is 11.6. The zero-order valence-corrected chi connectivity index (χ0v) is 10.5. The summed E-state index contributed by atoms with van der Waals surface area (Å²) in [5.41, 5.74) is 1.02. The largest absolute Gasteiger partial charge is 0.355 e. The van der Waals surface area contributed by atoms with Gasteiger partial charge in [-0.15, -0.1) is 0 Å². The van der Waals surface area contributed by atoms with Gasteiger partial charge in [0.05, 0.1) is 18.2 Å². The second kappa shape index (κ2) is 6.72. The van der Waals surface area contributed by atoms with Crippen molar-refractivity contribution in [2.45, 2.75) is 13.5 Å². The Morgan fingerprint density at radius 2 is 2.28 bits per heavy atom. The summed E-state index contributed by atoms with van der Waals surface area (Å²) in [4.78, 5) is 13.1. The van der Waals surface area contributed by atoms with Crippen LogP contribution >= 0.6 is 0 Å². The predicted octanol–water partition coefficient (Wildman–Crippen LogP) is 1.27. The van der Waals surface area contributed by atoms with Gasteiger partial charge in [-0.3, -0.25) is 9.69 Å². The van der Waals surface area contributed by atoms with Gasteiger partial charge in [-0.1, -0.05) is 0 Å². The molecule has 18 heavy (non-hydrogen) atoms. The van der Waals surface area contributed by atoms with Gasteiger partial charge in [0, 0.05) is 13.1 Å². The van der Waals surface area contributed by atoms with Crippen molar-refractivity contribution >= 4 is 5.91 Å². The maximum absolute atomic E-state index is 13.1. The topological polar surface area (TPSA) is 56.1 Å². The van der Waals surface area contributed by atoms with Gasteiger partial charge in [0.2, 0.25) is 5.91 Å². The van der Waals surface area contributed by atoms with E-state index in [1.54, 1.807) is 11.9 Å². The lowest BCUT2D eigenvalue weighted by atomic mass is 10.1. The first-order valence-corrected chi connectivity index (χ1v) is 5.70. The highest BCUT2D eigenvalue weighted by atomic mass is 19.1. The molecule has 1 rings (SSSR count). The van der Waals surface area contributed by atoms with Crippen molar-refractivity contribution in [2.75, 3.05) is 20.1 Å². The molecule has 0 radical (unpaired) electrons. The quantitative estimate of drug-likeness (QED) is 0.854. The van der Waals surface area contributed by atoms with Crippen LogP contribution in [0.2, 0.25) is 0 Å². The molecule has 5 heteroatoms. The maximum Gasteiger partial charge on any atom is 0.234 e. The smallest absolute Gasteiger partial charge is 0.234 e. The van der Waals surface area contributed by atoms with Crippen LogP contribution in [0, 0.1) is 17.1 Å². The zero-order chi connectivity index (χ0) is 13.5. The number of rotatable bonds is 5. The minimum Gasteiger partial charge on any atom is -0.355 e. The Balaban J connectivity index is 2.69. The van der Waals surface area contributed by atoms with Crippen LogP contribution in [0.4, 0.5) is 4.39 Å². The van der Waals surface area contributed by atoms with Crippen LogP contribution in [0.3, 0.4) is 0 Å². The van der Waals surface area contributed by atoms with Crippen molar-refractivity contribution < 1.29 is 9.18 Å². The van der Waals surface area contributed by atoms with E-state index in [2.05, 4.69) is 5.32 Å². The van der Waals surface area contributed by atoms with Crippen LogP contribution < -0.4 is 5.32 Å². The third kappa shape index (κ3) is 4.15. The van der Waals surface area contributed by atoms with Crippen molar-refractivity contribution in [1.82, 2.24) is 10.2 Å². The van der Waals surface area contributed by atoms with E-state index in [1.807, 2.05) is 13.0 Å². The lowest BCUT2D eigenvalue weighted by molar-refractivity contribution is -0.121. The SMILES string of the molecule is CCNC(=O)CN(C)Cc1cc(F)ccc1C#N. The van der Waals surface area contributed by atoms with Gasteiger partial charge in [-0.05, 0) is 37.7 Å². The fourth-order valence-electron chi connectivity index (χ4n) is 1.65. The number of nitriles is 1. The molecular weight excluding hydrogens is 233 g/mol. The molecule has 0 aliphatic heterocycles. The Morgan fingerprint density at radius 1 is 1.56 bits per heavy atom. The number of likely N-dealkylation sites (N-methyl/N-ethyl adjacent to an activating group) is 2. The van der Waals surface area contributed by atoms with Crippen molar-refractivity contribution in [1.29, 1.82) is 5.26 Å². The number of nitrogens with zero attached hydrogens (tertiary/aromatic N) is 2. The molecule has 1 aromatic carbocycles. The molecule has 0 heterocycles. The van der Waals surface area contributed by atoms with Crippen molar-refractivity contribution in [3.05, 3.63) is 35.1 Å². The summed E-state index contributed by atoms with van der Waals surface area (Å²) in [5.74, 6) is -0.467. The second-order valence-electron chi connectivity index (χ2n) is 4.04. The molecule has 1 N–H and O–H groups in total. The van der Waals surface area contributed by atoms with E-state index >= 15 is 0 Å².